The monoisotopic (exact) mass is 343 g/mol. The smallest absolute Gasteiger partial charge is 0.271 e. The lowest BCUT2D eigenvalue weighted by atomic mass is 10.3. The summed E-state index contributed by atoms with van der Waals surface area (Å²) in [5, 5.41) is 7.02. The van der Waals surface area contributed by atoms with Gasteiger partial charge in [-0.15, -0.1) is 0 Å². The van der Waals surface area contributed by atoms with Crippen molar-refractivity contribution in [3.05, 3.63) is 11.8 Å². The Labute approximate surface area is 135 Å². The number of carbonyl (C=O) groups excluding carboxylic acids is 1. The van der Waals surface area contributed by atoms with Gasteiger partial charge in [0.25, 0.3) is 5.91 Å². The zero-order chi connectivity index (χ0) is 16.4. The van der Waals surface area contributed by atoms with Crippen LogP contribution in [-0.2, 0) is 16.6 Å². The van der Waals surface area contributed by atoms with Crippen molar-refractivity contribution in [1.82, 2.24) is 24.3 Å². The summed E-state index contributed by atoms with van der Waals surface area (Å²) in [7, 11) is -3.10. The molecule has 1 fully saturated rings. The predicted molar refractivity (Wildman–Crippen MR) is 82.9 cm³/mol. The van der Waals surface area contributed by atoms with Crippen LogP contribution in [0.5, 0.6) is 5.88 Å². The SMILES string of the molecule is CS(=O)(=O)N1CCN(CCNC(=O)c2cc3n(n2)CCO3)CC1. The maximum atomic E-state index is 12.0. The van der Waals surface area contributed by atoms with Gasteiger partial charge in [-0.1, -0.05) is 0 Å². The molecule has 0 aliphatic carbocycles. The first-order valence-electron chi connectivity index (χ1n) is 7.60. The summed E-state index contributed by atoms with van der Waals surface area (Å²) in [5.74, 6) is 0.414. The Bertz CT molecular complexity index is 657. The molecule has 0 saturated carbocycles. The number of fused-ring (bicyclic) bond motifs is 1. The Morgan fingerprint density at radius 2 is 2.04 bits per heavy atom. The summed E-state index contributed by atoms with van der Waals surface area (Å²) >= 11 is 0. The number of hydrogen-bond donors (Lipinski definition) is 1. The molecule has 3 heterocycles. The van der Waals surface area contributed by atoms with Crippen LogP contribution in [0, 0.1) is 0 Å². The van der Waals surface area contributed by atoms with Crippen molar-refractivity contribution in [2.24, 2.45) is 0 Å². The highest BCUT2D eigenvalue weighted by Crippen LogP contribution is 2.18. The Morgan fingerprint density at radius 1 is 1.30 bits per heavy atom. The highest BCUT2D eigenvalue weighted by Gasteiger charge is 2.23. The van der Waals surface area contributed by atoms with Crippen LogP contribution in [0.1, 0.15) is 10.5 Å². The number of amides is 1. The molecule has 1 saturated heterocycles. The van der Waals surface area contributed by atoms with E-state index in [0.29, 0.717) is 64.0 Å². The van der Waals surface area contributed by atoms with Crippen LogP contribution >= 0.6 is 0 Å². The van der Waals surface area contributed by atoms with E-state index in [1.54, 1.807) is 10.7 Å². The molecule has 10 heteroatoms. The summed E-state index contributed by atoms with van der Waals surface area (Å²) in [6, 6.07) is 1.65. The van der Waals surface area contributed by atoms with Gasteiger partial charge in [0, 0.05) is 45.3 Å². The Kier molecular flexibility index (Phi) is 4.55. The summed E-state index contributed by atoms with van der Waals surface area (Å²) in [4.78, 5) is 14.2. The number of sulfonamides is 1. The number of aromatic nitrogens is 2. The van der Waals surface area contributed by atoms with E-state index in [2.05, 4.69) is 15.3 Å². The van der Waals surface area contributed by atoms with Crippen molar-refractivity contribution in [3.8, 4) is 5.88 Å². The number of hydrogen-bond acceptors (Lipinski definition) is 6. The van der Waals surface area contributed by atoms with Gasteiger partial charge in [0.1, 0.15) is 6.61 Å². The van der Waals surface area contributed by atoms with Crippen molar-refractivity contribution in [3.63, 3.8) is 0 Å². The molecule has 9 nitrogen and oxygen atoms in total. The minimum absolute atomic E-state index is 0.217. The summed E-state index contributed by atoms with van der Waals surface area (Å²) < 4.78 is 31.4. The fourth-order valence-corrected chi connectivity index (χ4v) is 3.55. The molecule has 1 N–H and O–H groups in total. The van der Waals surface area contributed by atoms with Crippen LogP contribution in [0.15, 0.2) is 6.07 Å². The highest BCUT2D eigenvalue weighted by atomic mass is 32.2. The topological polar surface area (TPSA) is 96.8 Å². The molecule has 23 heavy (non-hydrogen) atoms. The van der Waals surface area contributed by atoms with Crippen LogP contribution in [0.25, 0.3) is 0 Å². The van der Waals surface area contributed by atoms with Crippen molar-refractivity contribution < 1.29 is 17.9 Å². The first-order valence-corrected chi connectivity index (χ1v) is 9.44. The fourth-order valence-electron chi connectivity index (χ4n) is 2.73. The van der Waals surface area contributed by atoms with E-state index in [4.69, 9.17) is 4.74 Å². The summed E-state index contributed by atoms with van der Waals surface area (Å²) in [6.07, 6.45) is 1.23. The molecule has 1 aromatic rings. The average molecular weight is 343 g/mol. The lowest BCUT2D eigenvalue weighted by molar-refractivity contribution is 0.0939. The molecule has 0 bridgehead atoms. The van der Waals surface area contributed by atoms with Gasteiger partial charge in [-0.25, -0.2) is 13.1 Å². The minimum atomic E-state index is -3.10. The zero-order valence-electron chi connectivity index (χ0n) is 13.1. The van der Waals surface area contributed by atoms with Crippen LogP contribution in [0.4, 0.5) is 0 Å². The van der Waals surface area contributed by atoms with E-state index in [1.807, 2.05) is 0 Å². The molecule has 0 radical (unpaired) electrons. The maximum absolute atomic E-state index is 12.0. The molecule has 3 rings (SSSR count). The molecule has 1 amide bonds. The van der Waals surface area contributed by atoms with Crippen molar-refractivity contribution in [1.29, 1.82) is 0 Å². The number of rotatable bonds is 5. The standard InChI is InChI=1S/C13H21N5O4S/c1-23(20,21)17-6-4-16(5-7-17)3-2-14-13(19)11-10-12-18(15-11)8-9-22-12/h10H,2-9H2,1H3,(H,14,19). The summed E-state index contributed by atoms with van der Waals surface area (Å²) in [6.45, 7) is 4.81. The van der Waals surface area contributed by atoms with E-state index < -0.39 is 10.0 Å². The van der Waals surface area contributed by atoms with Crippen molar-refractivity contribution in [2.75, 3.05) is 52.1 Å². The number of nitrogens with one attached hydrogen (secondary N) is 1. The van der Waals surface area contributed by atoms with Gasteiger partial charge in [0.2, 0.25) is 15.9 Å². The first-order chi connectivity index (χ1) is 10.9. The maximum Gasteiger partial charge on any atom is 0.271 e. The van der Waals surface area contributed by atoms with Crippen LogP contribution in [-0.4, -0.2) is 85.4 Å². The second kappa shape index (κ2) is 6.46. The average Bonchev–Trinajstić information content (AvgIpc) is 3.08. The molecule has 0 unspecified atom stereocenters. The van der Waals surface area contributed by atoms with Gasteiger partial charge in [0.15, 0.2) is 5.69 Å². The largest absolute Gasteiger partial charge is 0.476 e. The number of nitrogens with zero attached hydrogens (tertiary/aromatic N) is 4. The molecule has 1 aromatic heterocycles. The number of ether oxygens (including phenoxy) is 1. The van der Waals surface area contributed by atoms with Gasteiger partial charge in [-0.05, 0) is 0 Å². The molecule has 0 spiro atoms. The van der Waals surface area contributed by atoms with E-state index in [-0.39, 0.29) is 5.91 Å². The molecule has 0 atom stereocenters. The normalized spacial score (nSPS) is 19.3. The third-order valence-electron chi connectivity index (χ3n) is 4.04. The quantitative estimate of drug-likeness (QED) is 0.705. The third-order valence-corrected chi connectivity index (χ3v) is 5.35. The van der Waals surface area contributed by atoms with Crippen LogP contribution in [0.2, 0.25) is 0 Å². The van der Waals surface area contributed by atoms with Gasteiger partial charge in [-0.2, -0.15) is 9.40 Å². The van der Waals surface area contributed by atoms with Crippen LogP contribution < -0.4 is 10.1 Å². The lowest BCUT2D eigenvalue weighted by Crippen LogP contribution is -2.49. The molecule has 2 aliphatic rings. The second-order valence-electron chi connectivity index (χ2n) is 5.70. The van der Waals surface area contributed by atoms with Gasteiger partial charge >= 0.3 is 0 Å². The van der Waals surface area contributed by atoms with Gasteiger partial charge in [0.05, 0.1) is 12.8 Å². The van der Waals surface area contributed by atoms with Crippen molar-refractivity contribution in [2.45, 2.75) is 6.54 Å². The Hall–Kier alpha value is -1.65. The Balaban J connectivity index is 1.40. The molecular weight excluding hydrogens is 322 g/mol. The third kappa shape index (κ3) is 3.82. The first kappa shape index (κ1) is 16.2. The van der Waals surface area contributed by atoms with Crippen molar-refractivity contribution >= 4 is 15.9 Å². The van der Waals surface area contributed by atoms with E-state index >= 15 is 0 Å². The highest BCUT2D eigenvalue weighted by molar-refractivity contribution is 7.88. The molecule has 0 aromatic carbocycles. The summed E-state index contributed by atoms with van der Waals surface area (Å²) in [5.41, 5.74) is 0.363. The Morgan fingerprint density at radius 3 is 2.70 bits per heavy atom. The number of piperazine rings is 1. The molecule has 128 valence electrons. The number of carbonyl (C=O) groups is 1. The van der Waals surface area contributed by atoms with Gasteiger partial charge in [-0.3, -0.25) is 9.69 Å². The predicted octanol–water partition coefficient (Wildman–Crippen LogP) is -1.42. The zero-order valence-corrected chi connectivity index (χ0v) is 13.9. The minimum Gasteiger partial charge on any atom is -0.476 e. The molecule has 2 aliphatic heterocycles. The second-order valence-corrected chi connectivity index (χ2v) is 7.68. The van der Waals surface area contributed by atoms with E-state index in [1.165, 1.54) is 10.6 Å². The van der Waals surface area contributed by atoms with E-state index in [0.717, 1.165) is 0 Å². The van der Waals surface area contributed by atoms with Crippen LogP contribution in [0.3, 0.4) is 0 Å². The molecular formula is C13H21N5O4S. The van der Waals surface area contributed by atoms with Gasteiger partial charge < -0.3 is 10.1 Å². The van der Waals surface area contributed by atoms with E-state index in [9.17, 15) is 13.2 Å². The lowest BCUT2D eigenvalue weighted by Gasteiger charge is -2.33. The fraction of sp³-hybridized carbons (Fsp3) is 0.692.